The number of rotatable bonds is 4. The Balaban J connectivity index is 1.45. The molecule has 3 saturated carbocycles. The van der Waals surface area contributed by atoms with E-state index in [1.54, 1.807) is 0 Å². The molecule has 3 fully saturated rings. The SMILES string of the molecule is O=C(C1CCC(OC2CCCCC2)CC1)C1CC(Br)CCC1Br. The standard InChI is InChI=1S/C19H30Br2O2/c20-14-8-11-18(21)17(12-14)19(22)13-6-9-16(10-7-13)23-15-4-2-1-3-5-15/h13-18H,1-12H2. The number of ketones is 1. The number of carbonyl (C=O) groups excluding carboxylic acids is 1. The molecular formula is C19H30Br2O2. The van der Waals surface area contributed by atoms with Crippen molar-refractivity contribution in [2.45, 2.75) is 98.9 Å². The number of alkyl halides is 2. The molecule has 0 spiro atoms. The molecule has 3 atom stereocenters. The minimum absolute atomic E-state index is 0.217. The van der Waals surface area contributed by atoms with Gasteiger partial charge in [0, 0.05) is 21.5 Å². The molecule has 132 valence electrons. The second-order valence-corrected chi connectivity index (χ2v) is 10.3. The minimum atomic E-state index is 0.217. The molecule has 3 aliphatic carbocycles. The molecule has 0 aromatic rings. The monoisotopic (exact) mass is 448 g/mol. The summed E-state index contributed by atoms with van der Waals surface area (Å²) >= 11 is 7.48. The summed E-state index contributed by atoms with van der Waals surface area (Å²) in [5.41, 5.74) is 0. The molecule has 3 rings (SSSR count). The Hall–Kier alpha value is 0.590. The van der Waals surface area contributed by atoms with E-state index in [1.165, 1.54) is 38.5 Å². The van der Waals surface area contributed by atoms with Gasteiger partial charge in [0.25, 0.3) is 0 Å². The zero-order valence-corrected chi connectivity index (χ0v) is 17.2. The number of ether oxygens (including phenoxy) is 1. The molecule has 0 N–H and O–H groups in total. The third-order valence-corrected chi connectivity index (χ3v) is 8.01. The van der Waals surface area contributed by atoms with Gasteiger partial charge >= 0.3 is 0 Å². The molecule has 0 bridgehead atoms. The third kappa shape index (κ3) is 5.04. The van der Waals surface area contributed by atoms with Crippen LogP contribution in [-0.2, 0) is 9.53 Å². The van der Waals surface area contributed by atoms with Gasteiger partial charge in [-0.2, -0.15) is 0 Å². The topological polar surface area (TPSA) is 26.3 Å². The Bertz CT molecular complexity index is 387. The quantitative estimate of drug-likeness (QED) is 0.507. The van der Waals surface area contributed by atoms with E-state index < -0.39 is 0 Å². The fraction of sp³-hybridized carbons (Fsp3) is 0.947. The summed E-state index contributed by atoms with van der Waals surface area (Å²) in [7, 11) is 0. The second-order valence-electron chi connectivity index (χ2n) is 7.80. The van der Waals surface area contributed by atoms with Crippen LogP contribution in [0.3, 0.4) is 0 Å². The van der Waals surface area contributed by atoms with Crippen molar-refractivity contribution in [2.75, 3.05) is 0 Å². The average Bonchev–Trinajstić information content (AvgIpc) is 2.58. The molecule has 2 nitrogen and oxygen atoms in total. The lowest BCUT2D eigenvalue weighted by atomic mass is 9.76. The van der Waals surface area contributed by atoms with Crippen LogP contribution in [0.5, 0.6) is 0 Å². The van der Waals surface area contributed by atoms with Gasteiger partial charge in [0.2, 0.25) is 0 Å². The summed E-state index contributed by atoms with van der Waals surface area (Å²) < 4.78 is 6.32. The predicted octanol–water partition coefficient (Wildman–Crippen LogP) is 5.79. The minimum Gasteiger partial charge on any atom is -0.375 e. The van der Waals surface area contributed by atoms with Crippen molar-refractivity contribution in [1.29, 1.82) is 0 Å². The predicted molar refractivity (Wildman–Crippen MR) is 101 cm³/mol. The van der Waals surface area contributed by atoms with E-state index in [4.69, 9.17) is 4.74 Å². The van der Waals surface area contributed by atoms with E-state index in [-0.39, 0.29) is 11.8 Å². The van der Waals surface area contributed by atoms with E-state index in [0.29, 0.717) is 27.6 Å². The third-order valence-electron chi connectivity index (χ3n) is 6.08. The van der Waals surface area contributed by atoms with Gasteiger partial charge in [-0.3, -0.25) is 4.79 Å². The lowest BCUT2D eigenvalue weighted by Crippen LogP contribution is -2.38. The maximum absolute atomic E-state index is 12.9. The van der Waals surface area contributed by atoms with Gasteiger partial charge < -0.3 is 4.74 Å². The maximum Gasteiger partial charge on any atom is 0.140 e. The van der Waals surface area contributed by atoms with Gasteiger partial charge in [-0.25, -0.2) is 0 Å². The Morgan fingerprint density at radius 1 is 0.783 bits per heavy atom. The van der Waals surface area contributed by atoms with Crippen LogP contribution in [0.25, 0.3) is 0 Å². The molecule has 0 aromatic heterocycles. The Morgan fingerprint density at radius 2 is 1.43 bits per heavy atom. The number of carbonyl (C=O) groups is 1. The lowest BCUT2D eigenvalue weighted by molar-refractivity contribution is -0.130. The number of halogens is 2. The molecule has 23 heavy (non-hydrogen) atoms. The summed E-state index contributed by atoms with van der Waals surface area (Å²) in [5.74, 6) is 1.02. The normalized spacial score (nSPS) is 40.0. The van der Waals surface area contributed by atoms with Crippen molar-refractivity contribution in [3.05, 3.63) is 0 Å². The van der Waals surface area contributed by atoms with E-state index >= 15 is 0 Å². The molecule has 3 unspecified atom stereocenters. The summed E-state index contributed by atoms with van der Waals surface area (Å²) in [5, 5.41) is 0. The summed E-state index contributed by atoms with van der Waals surface area (Å²) in [4.78, 5) is 13.8. The van der Waals surface area contributed by atoms with Gasteiger partial charge in [0.05, 0.1) is 12.2 Å². The van der Waals surface area contributed by atoms with Crippen molar-refractivity contribution in [2.24, 2.45) is 11.8 Å². The smallest absolute Gasteiger partial charge is 0.140 e. The van der Waals surface area contributed by atoms with E-state index in [2.05, 4.69) is 31.9 Å². The molecule has 0 radical (unpaired) electrons. The van der Waals surface area contributed by atoms with E-state index in [1.807, 2.05) is 0 Å². The first-order chi connectivity index (χ1) is 11.1. The molecule has 0 aromatic carbocycles. The molecule has 0 amide bonds. The highest BCUT2D eigenvalue weighted by Crippen LogP contribution is 2.39. The van der Waals surface area contributed by atoms with Crippen LogP contribution in [0.1, 0.15) is 77.0 Å². The molecule has 0 aliphatic heterocycles. The molecule has 3 aliphatic rings. The van der Waals surface area contributed by atoms with Crippen LogP contribution in [-0.4, -0.2) is 27.6 Å². The van der Waals surface area contributed by atoms with Gasteiger partial charge in [-0.1, -0.05) is 51.1 Å². The van der Waals surface area contributed by atoms with Crippen LogP contribution in [0.2, 0.25) is 0 Å². The van der Waals surface area contributed by atoms with Crippen LogP contribution < -0.4 is 0 Å². The van der Waals surface area contributed by atoms with E-state index in [0.717, 1.165) is 38.5 Å². The van der Waals surface area contributed by atoms with Crippen molar-refractivity contribution < 1.29 is 9.53 Å². The summed E-state index contributed by atoms with van der Waals surface area (Å²) in [6.07, 6.45) is 15.0. The largest absolute Gasteiger partial charge is 0.375 e. The fourth-order valence-corrected chi connectivity index (χ4v) is 6.04. The molecular weight excluding hydrogens is 420 g/mol. The Labute approximate surface area is 157 Å². The van der Waals surface area contributed by atoms with Crippen LogP contribution >= 0.6 is 31.9 Å². The van der Waals surface area contributed by atoms with E-state index in [9.17, 15) is 4.79 Å². The average molecular weight is 450 g/mol. The highest BCUT2D eigenvalue weighted by molar-refractivity contribution is 9.10. The second kappa shape index (κ2) is 8.80. The Morgan fingerprint density at radius 3 is 2.13 bits per heavy atom. The zero-order valence-electron chi connectivity index (χ0n) is 14.0. The van der Waals surface area contributed by atoms with Crippen LogP contribution in [0.15, 0.2) is 0 Å². The fourth-order valence-electron chi connectivity index (χ4n) is 4.64. The van der Waals surface area contributed by atoms with Gasteiger partial charge in [-0.15, -0.1) is 0 Å². The molecule has 4 heteroatoms. The van der Waals surface area contributed by atoms with Gasteiger partial charge in [0.15, 0.2) is 0 Å². The number of hydrogen-bond donors (Lipinski definition) is 0. The molecule has 0 heterocycles. The first-order valence-corrected chi connectivity index (χ1v) is 11.4. The zero-order chi connectivity index (χ0) is 16.2. The van der Waals surface area contributed by atoms with Gasteiger partial charge in [-0.05, 0) is 57.8 Å². The van der Waals surface area contributed by atoms with Crippen molar-refractivity contribution in [3.63, 3.8) is 0 Å². The van der Waals surface area contributed by atoms with Crippen molar-refractivity contribution in [1.82, 2.24) is 0 Å². The number of hydrogen-bond acceptors (Lipinski definition) is 2. The first kappa shape index (κ1) is 18.4. The lowest BCUT2D eigenvalue weighted by Gasteiger charge is -2.36. The van der Waals surface area contributed by atoms with Crippen molar-refractivity contribution >= 4 is 37.6 Å². The molecule has 0 saturated heterocycles. The summed E-state index contributed by atoms with van der Waals surface area (Å²) in [6, 6.07) is 0. The summed E-state index contributed by atoms with van der Waals surface area (Å²) in [6.45, 7) is 0. The first-order valence-electron chi connectivity index (χ1n) is 9.61. The maximum atomic E-state index is 12.9. The number of Topliss-reactive ketones (excluding diaryl/α,β-unsaturated/α-hetero) is 1. The van der Waals surface area contributed by atoms with Gasteiger partial charge in [0.1, 0.15) is 5.78 Å². The van der Waals surface area contributed by atoms with Crippen molar-refractivity contribution in [3.8, 4) is 0 Å². The highest BCUT2D eigenvalue weighted by Gasteiger charge is 2.38. The van der Waals surface area contributed by atoms with Crippen LogP contribution in [0, 0.1) is 11.8 Å². The van der Waals surface area contributed by atoms with Crippen LogP contribution in [0.4, 0.5) is 0 Å². The Kier molecular flexibility index (Phi) is 7.03. The highest BCUT2D eigenvalue weighted by atomic mass is 79.9.